The molecule has 1 saturated heterocycles. The van der Waals surface area contributed by atoms with Crippen LogP contribution < -0.4 is 4.72 Å². The van der Waals surface area contributed by atoms with Crippen molar-refractivity contribution in [3.05, 3.63) is 45.9 Å². The summed E-state index contributed by atoms with van der Waals surface area (Å²) in [5.41, 5.74) is 2.20. The predicted octanol–water partition coefficient (Wildman–Crippen LogP) is 2.96. The number of anilines is 1. The average Bonchev–Trinajstić information content (AvgIpc) is 3.04. The molecule has 1 aliphatic rings. The molecule has 0 radical (unpaired) electrons. The van der Waals surface area contributed by atoms with Crippen molar-refractivity contribution in [3.8, 4) is 0 Å². The van der Waals surface area contributed by atoms with Crippen LogP contribution in [-0.2, 0) is 16.4 Å². The number of hydrogen-bond acceptors (Lipinski definition) is 6. The van der Waals surface area contributed by atoms with Gasteiger partial charge in [-0.25, -0.2) is 13.4 Å². The number of ketones is 1. The largest absolute Gasteiger partial charge is 0.303 e. The Balaban J connectivity index is 1.49. The number of hydrogen-bond donors (Lipinski definition) is 1. The van der Waals surface area contributed by atoms with Gasteiger partial charge in [0.25, 0.3) is 0 Å². The molecule has 0 spiro atoms. The molecule has 1 N–H and O–H groups in total. The van der Waals surface area contributed by atoms with Gasteiger partial charge in [-0.05, 0) is 57.1 Å². The summed E-state index contributed by atoms with van der Waals surface area (Å²) in [6, 6.07) is 6.68. The van der Waals surface area contributed by atoms with Gasteiger partial charge in [-0.1, -0.05) is 0 Å². The Bertz CT molecular complexity index is 883. The van der Waals surface area contributed by atoms with Gasteiger partial charge in [0.05, 0.1) is 11.3 Å². The van der Waals surface area contributed by atoms with Crippen molar-refractivity contribution in [1.29, 1.82) is 0 Å². The van der Waals surface area contributed by atoms with Gasteiger partial charge >= 0.3 is 0 Å². The minimum absolute atomic E-state index is 0.0390. The second-order valence-corrected chi connectivity index (χ2v) is 9.76. The van der Waals surface area contributed by atoms with Gasteiger partial charge in [-0.15, -0.1) is 11.3 Å². The van der Waals surface area contributed by atoms with Gasteiger partial charge in [-0.3, -0.25) is 9.52 Å². The third kappa shape index (κ3) is 5.85. The van der Waals surface area contributed by atoms with E-state index in [-0.39, 0.29) is 11.7 Å². The van der Waals surface area contributed by atoms with Crippen LogP contribution in [0, 0.1) is 12.8 Å². The zero-order valence-corrected chi connectivity index (χ0v) is 17.3. The summed E-state index contributed by atoms with van der Waals surface area (Å²) < 4.78 is 24.9. The highest BCUT2D eigenvalue weighted by Crippen LogP contribution is 2.23. The van der Waals surface area contributed by atoms with Gasteiger partial charge in [-0.2, -0.15) is 0 Å². The molecule has 27 heavy (non-hydrogen) atoms. The third-order valence-electron chi connectivity index (χ3n) is 4.74. The van der Waals surface area contributed by atoms with E-state index in [1.165, 1.54) is 5.01 Å². The Kier molecular flexibility index (Phi) is 6.29. The molecular formula is C19H25N3O3S2. The number of piperidine rings is 1. The summed E-state index contributed by atoms with van der Waals surface area (Å²) in [5.74, 6) is 0.188. The Morgan fingerprint density at radius 3 is 2.48 bits per heavy atom. The van der Waals surface area contributed by atoms with E-state index in [0.29, 0.717) is 11.3 Å². The second-order valence-electron chi connectivity index (χ2n) is 7.06. The Morgan fingerprint density at radius 2 is 1.93 bits per heavy atom. The van der Waals surface area contributed by atoms with E-state index < -0.39 is 10.0 Å². The first kappa shape index (κ1) is 20.0. The lowest BCUT2D eigenvalue weighted by Crippen LogP contribution is -2.37. The molecule has 2 aromatic rings. The van der Waals surface area contributed by atoms with Crippen molar-refractivity contribution < 1.29 is 13.2 Å². The van der Waals surface area contributed by atoms with Gasteiger partial charge in [0.15, 0.2) is 5.78 Å². The molecule has 2 heterocycles. The molecular weight excluding hydrogens is 382 g/mol. The van der Waals surface area contributed by atoms with E-state index in [1.54, 1.807) is 35.6 Å². The smallest absolute Gasteiger partial charge is 0.229 e. The number of benzene rings is 1. The Labute approximate surface area is 164 Å². The molecule has 0 aliphatic carbocycles. The Morgan fingerprint density at radius 1 is 1.26 bits per heavy atom. The lowest BCUT2D eigenvalue weighted by atomic mass is 9.89. The number of likely N-dealkylation sites (tertiary alicyclic amines) is 1. The lowest BCUT2D eigenvalue weighted by Gasteiger charge is -2.31. The van der Waals surface area contributed by atoms with Gasteiger partial charge in [0.2, 0.25) is 10.0 Å². The zero-order chi connectivity index (χ0) is 19.4. The van der Waals surface area contributed by atoms with Crippen LogP contribution in [0.3, 0.4) is 0 Å². The number of carbonyl (C=O) groups is 1. The molecule has 8 heteroatoms. The van der Waals surface area contributed by atoms with Crippen molar-refractivity contribution in [2.24, 2.45) is 5.92 Å². The highest BCUT2D eigenvalue weighted by molar-refractivity contribution is 7.92. The van der Waals surface area contributed by atoms with Crippen LogP contribution in [0.5, 0.6) is 0 Å². The SMILES string of the molecule is Cc1csc(CCN2CCC(C(=O)c3ccc(NS(C)(=O)=O)cc3)CC2)n1. The molecule has 0 atom stereocenters. The lowest BCUT2D eigenvalue weighted by molar-refractivity contribution is 0.0841. The minimum atomic E-state index is -3.31. The first-order valence-corrected chi connectivity index (χ1v) is 11.8. The summed E-state index contributed by atoms with van der Waals surface area (Å²) >= 11 is 1.71. The molecule has 1 aromatic heterocycles. The van der Waals surface area contributed by atoms with Gasteiger partial charge in [0, 0.05) is 41.2 Å². The molecule has 0 bridgehead atoms. The van der Waals surface area contributed by atoms with Crippen LogP contribution in [0.15, 0.2) is 29.6 Å². The van der Waals surface area contributed by atoms with Crippen LogP contribution in [-0.4, -0.2) is 50.0 Å². The first-order chi connectivity index (χ1) is 12.8. The van der Waals surface area contributed by atoms with Crippen LogP contribution in [0.1, 0.15) is 33.9 Å². The highest BCUT2D eigenvalue weighted by atomic mass is 32.2. The summed E-state index contributed by atoms with van der Waals surface area (Å²) in [6.07, 6.45) is 3.79. The van der Waals surface area contributed by atoms with Gasteiger partial charge in [0.1, 0.15) is 0 Å². The number of nitrogens with one attached hydrogen (secondary N) is 1. The average molecular weight is 408 g/mol. The normalized spacial score (nSPS) is 16.4. The van der Waals surface area contributed by atoms with Crippen LogP contribution in [0.4, 0.5) is 5.69 Å². The topological polar surface area (TPSA) is 79.4 Å². The summed E-state index contributed by atoms with van der Waals surface area (Å²) in [6.45, 7) is 4.85. The first-order valence-electron chi connectivity index (χ1n) is 9.05. The van der Waals surface area contributed by atoms with E-state index in [2.05, 4.69) is 20.0 Å². The summed E-state index contributed by atoms with van der Waals surface area (Å²) in [5, 5.41) is 3.25. The molecule has 6 nitrogen and oxygen atoms in total. The van der Waals surface area contributed by atoms with Crippen molar-refractivity contribution in [3.63, 3.8) is 0 Å². The number of sulfonamides is 1. The number of aromatic nitrogens is 1. The van der Waals surface area contributed by atoms with E-state index in [9.17, 15) is 13.2 Å². The van der Waals surface area contributed by atoms with Crippen molar-refractivity contribution in [2.75, 3.05) is 30.6 Å². The van der Waals surface area contributed by atoms with Crippen LogP contribution in [0.25, 0.3) is 0 Å². The fourth-order valence-electron chi connectivity index (χ4n) is 3.34. The predicted molar refractivity (Wildman–Crippen MR) is 109 cm³/mol. The number of thiazole rings is 1. The van der Waals surface area contributed by atoms with E-state index in [1.807, 2.05) is 6.92 Å². The standard InChI is InChI=1S/C19H25N3O3S2/c1-14-13-26-18(20-14)9-12-22-10-7-16(8-11-22)19(23)15-3-5-17(6-4-15)21-27(2,24)25/h3-6,13,16,21H,7-12H2,1-2H3. The van der Waals surface area contributed by atoms with E-state index >= 15 is 0 Å². The van der Waals surface area contributed by atoms with Crippen molar-refractivity contribution in [2.45, 2.75) is 26.2 Å². The minimum Gasteiger partial charge on any atom is -0.303 e. The van der Waals surface area contributed by atoms with Gasteiger partial charge < -0.3 is 4.90 Å². The molecule has 1 aliphatic heterocycles. The molecule has 0 unspecified atom stereocenters. The van der Waals surface area contributed by atoms with Crippen LogP contribution >= 0.6 is 11.3 Å². The third-order valence-corrected chi connectivity index (χ3v) is 6.37. The molecule has 1 fully saturated rings. The molecule has 0 amide bonds. The number of Topliss-reactive ketones (excluding diaryl/α,β-unsaturated/α-hetero) is 1. The number of carbonyl (C=O) groups excluding carboxylic acids is 1. The molecule has 3 rings (SSSR count). The monoisotopic (exact) mass is 407 g/mol. The number of rotatable bonds is 7. The summed E-state index contributed by atoms with van der Waals surface area (Å²) in [4.78, 5) is 19.6. The molecule has 0 saturated carbocycles. The van der Waals surface area contributed by atoms with Crippen molar-refractivity contribution >= 4 is 32.8 Å². The number of aryl methyl sites for hydroxylation is 1. The molecule has 146 valence electrons. The highest BCUT2D eigenvalue weighted by Gasteiger charge is 2.25. The maximum Gasteiger partial charge on any atom is 0.229 e. The van der Waals surface area contributed by atoms with Crippen LogP contribution in [0.2, 0.25) is 0 Å². The summed E-state index contributed by atoms with van der Waals surface area (Å²) in [7, 11) is -3.31. The zero-order valence-electron chi connectivity index (χ0n) is 15.6. The maximum atomic E-state index is 12.7. The van der Waals surface area contributed by atoms with Crippen molar-refractivity contribution in [1.82, 2.24) is 9.88 Å². The Hall–Kier alpha value is -1.77. The fraction of sp³-hybridized carbons (Fsp3) is 0.474. The molecule has 1 aromatic carbocycles. The fourth-order valence-corrected chi connectivity index (χ4v) is 4.67. The second kappa shape index (κ2) is 8.50. The number of nitrogens with zero attached hydrogens (tertiary/aromatic N) is 2. The van der Waals surface area contributed by atoms with E-state index in [4.69, 9.17) is 0 Å². The van der Waals surface area contributed by atoms with E-state index in [0.717, 1.165) is 50.8 Å². The maximum absolute atomic E-state index is 12.7. The quantitative estimate of drug-likeness (QED) is 0.714.